The average Bonchev–Trinajstić information content (AvgIpc) is 3.11. The van der Waals surface area contributed by atoms with Crippen molar-refractivity contribution in [3.05, 3.63) is 77.4 Å². The molecule has 0 bridgehead atoms. The highest BCUT2D eigenvalue weighted by Crippen LogP contribution is 2.50. The normalized spacial score (nSPS) is 16.5. The van der Waals surface area contributed by atoms with Crippen molar-refractivity contribution in [2.24, 2.45) is 0 Å². The van der Waals surface area contributed by atoms with Crippen LogP contribution in [0.15, 0.2) is 60.7 Å². The molecule has 0 saturated carbocycles. The lowest BCUT2D eigenvalue weighted by atomic mass is 10.0. The van der Waals surface area contributed by atoms with Crippen LogP contribution in [0.2, 0.25) is 0 Å². The highest BCUT2D eigenvalue weighted by molar-refractivity contribution is 6.22. The number of carbonyl (C=O) groups is 2. The Morgan fingerprint density at radius 1 is 0.742 bits per heavy atom. The molecule has 0 fully saturated rings. The van der Waals surface area contributed by atoms with Crippen LogP contribution in [0.3, 0.4) is 0 Å². The quantitative estimate of drug-likeness (QED) is 0.642. The summed E-state index contributed by atoms with van der Waals surface area (Å²) in [5.74, 6) is 1.08. The van der Waals surface area contributed by atoms with Gasteiger partial charge in [0.2, 0.25) is 0 Å². The Morgan fingerprint density at radius 3 is 2.16 bits per heavy atom. The lowest BCUT2D eigenvalue weighted by Gasteiger charge is -2.40. The molecule has 2 aliphatic heterocycles. The summed E-state index contributed by atoms with van der Waals surface area (Å²) in [5, 5.41) is 0. The first kappa shape index (κ1) is 19.0. The molecule has 0 saturated heterocycles. The summed E-state index contributed by atoms with van der Waals surface area (Å²) in [6, 6.07) is 17.9. The topological polar surface area (TPSA) is 68.3 Å². The van der Waals surface area contributed by atoms with Crippen LogP contribution in [-0.2, 0) is 0 Å². The zero-order valence-electron chi connectivity index (χ0n) is 17.3. The number of hydrogen-bond donors (Lipinski definition) is 0. The van der Waals surface area contributed by atoms with Gasteiger partial charge in [-0.25, -0.2) is 0 Å². The van der Waals surface area contributed by atoms with Crippen LogP contribution in [0.4, 0.5) is 11.4 Å². The van der Waals surface area contributed by atoms with E-state index in [4.69, 9.17) is 14.2 Å². The van der Waals surface area contributed by atoms with Gasteiger partial charge in [-0.15, -0.1) is 0 Å². The summed E-state index contributed by atoms with van der Waals surface area (Å²) in [6.45, 7) is 0. The summed E-state index contributed by atoms with van der Waals surface area (Å²) >= 11 is 0. The molecule has 3 aromatic carbocycles. The molecule has 0 aromatic heterocycles. The predicted octanol–water partition coefficient (Wildman–Crippen LogP) is 4.03. The average molecular weight is 416 g/mol. The third-order valence-corrected chi connectivity index (χ3v) is 5.74. The number of hydrogen-bond acceptors (Lipinski definition) is 5. The van der Waals surface area contributed by atoms with E-state index in [2.05, 4.69) is 0 Å². The Kier molecular flexibility index (Phi) is 4.32. The van der Waals surface area contributed by atoms with Crippen LogP contribution < -0.4 is 24.0 Å². The highest BCUT2D eigenvalue weighted by Gasteiger charge is 2.50. The molecule has 7 heteroatoms. The Morgan fingerprint density at radius 2 is 1.48 bits per heavy atom. The smallest absolute Gasteiger partial charge is 0.264 e. The lowest BCUT2D eigenvalue weighted by Crippen LogP contribution is -2.48. The van der Waals surface area contributed by atoms with Gasteiger partial charge < -0.3 is 14.2 Å². The van der Waals surface area contributed by atoms with Crippen LogP contribution in [0.5, 0.6) is 17.2 Å². The number of ether oxygens (including phenoxy) is 3. The zero-order valence-corrected chi connectivity index (χ0v) is 17.3. The molecule has 7 nitrogen and oxygen atoms in total. The zero-order chi connectivity index (χ0) is 21.7. The fraction of sp³-hybridized carbons (Fsp3) is 0.167. The van der Waals surface area contributed by atoms with Crippen LogP contribution >= 0.6 is 0 Å². The number of fused-ring (bicyclic) bond motifs is 5. The van der Waals surface area contributed by atoms with E-state index >= 15 is 0 Å². The van der Waals surface area contributed by atoms with Gasteiger partial charge in [-0.05, 0) is 42.5 Å². The highest BCUT2D eigenvalue weighted by atomic mass is 16.5. The summed E-state index contributed by atoms with van der Waals surface area (Å²) in [7, 11) is 4.62. The van der Waals surface area contributed by atoms with Gasteiger partial charge in [0.05, 0.1) is 38.1 Å². The van der Waals surface area contributed by atoms with Gasteiger partial charge in [0.1, 0.15) is 11.9 Å². The van der Waals surface area contributed by atoms with Gasteiger partial charge in [-0.1, -0.05) is 18.2 Å². The van der Waals surface area contributed by atoms with E-state index < -0.39 is 6.17 Å². The summed E-state index contributed by atoms with van der Waals surface area (Å²) in [6.07, 6.45) is -0.641. The molecular formula is C24H20N2O5. The maximum absolute atomic E-state index is 13.7. The summed E-state index contributed by atoms with van der Waals surface area (Å²) in [4.78, 5) is 30.5. The minimum Gasteiger partial charge on any atom is -0.497 e. The molecule has 2 amide bonds. The van der Waals surface area contributed by atoms with E-state index in [0.29, 0.717) is 45.3 Å². The van der Waals surface area contributed by atoms with E-state index in [9.17, 15) is 9.59 Å². The van der Waals surface area contributed by atoms with Crippen molar-refractivity contribution in [3.63, 3.8) is 0 Å². The van der Waals surface area contributed by atoms with E-state index in [-0.39, 0.29) is 11.8 Å². The molecule has 3 aromatic rings. The number of methoxy groups -OCH3 is 3. The van der Waals surface area contributed by atoms with Gasteiger partial charge in [-0.2, -0.15) is 0 Å². The molecule has 0 radical (unpaired) electrons. The number of anilines is 2. The monoisotopic (exact) mass is 416 g/mol. The van der Waals surface area contributed by atoms with Crippen molar-refractivity contribution in [1.29, 1.82) is 0 Å². The molecule has 1 atom stereocenters. The molecular weight excluding hydrogens is 396 g/mol. The first-order valence-corrected chi connectivity index (χ1v) is 9.75. The third kappa shape index (κ3) is 2.59. The van der Waals surface area contributed by atoms with E-state index in [1.807, 2.05) is 24.3 Å². The minimum absolute atomic E-state index is 0.183. The maximum Gasteiger partial charge on any atom is 0.264 e. The number of para-hydroxylation sites is 1. The van der Waals surface area contributed by atoms with Crippen molar-refractivity contribution in [3.8, 4) is 17.2 Å². The number of nitrogens with zero attached hydrogens (tertiary/aromatic N) is 2. The fourth-order valence-electron chi connectivity index (χ4n) is 4.35. The lowest BCUT2D eigenvalue weighted by molar-refractivity contribution is 0.0948. The fourth-order valence-corrected chi connectivity index (χ4v) is 4.35. The second-order valence-corrected chi connectivity index (χ2v) is 7.20. The van der Waals surface area contributed by atoms with Gasteiger partial charge in [0.25, 0.3) is 11.8 Å². The van der Waals surface area contributed by atoms with Crippen LogP contribution in [-0.4, -0.2) is 33.1 Å². The molecule has 2 aliphatic rings. The first-order chi connectivity index (χ1) is 15.1. The second kappa shape index (κ2) is 7.05. The van der Waals surface area contributed by atoms with Gasteiger partial charge in [-0.3, -0.25) is 19.4 Å². The van der Waals surface area contributed by atoms with Crippen LogP contribution in [0.1, 0.15) is 32.4 Å². The Balaban J connectivity index is 1.77. The van der Waals surface area contributed by atoms with Crippen LogP contribution in [0.25, 0.3) is 0 Å². The van der Waals surface area contributed by atoms with Crippen molar-refractivity contribution in [2.75, 3.05) is 31.1 Å². The van der Waals surface area contributed by atoms with Crippen molar-refractivity contribution in [2.45, 2.75) is 6.17 Å². The molecule has 5 rings (SSSR count). The first-order valence-electron chi connectivity index (χ1n) is 9.75. The molecule has 31 heavy (non-hydrogen) atoms. The maximum atomic E-state index is 13.7. The minimum atomic E-state index is -0.641. The largest absolute Gasteiger partial charge is 0.497 e. The van der Waals surface area contributed by atoms with Crippen molar-refractivity contribution < 1.29 is 23.8 Å². The molecule has 0 N–H and O–H groups in total. The number of rotatable bonds is 4. The summed E-state index contributed by atoms with van der Waals surface area (Å²) in [5.41, 5.74) is 2.77. The molecule has 2 heterocycles. The van der Waals surface area contributed by atoms with Gasteiger partial charge in [0, 0.05) is 11.3 Å². The van der Waals surface area contributed by atoms with Gasteiger partial charge in [0.15, 0.2) is 11.5 Å². The standard InChI is InChI=1S/C24H20N2O5/c1-29-15-10-8-14(9-11-15)25-22-17-12-13-19(30-2)21(31-3)20(17)24(28)26(22)18-7-5-4-6-16(18)23(25)27/h4-13,22H,1-3H3. The van der Waals surface area contributed by atoms with E-state index in [1.165, 1.54) is 14.2 Å². The van der Waals surface area contributed by atoms with Crippen LogP contribution in [0, 0.1) is 0 Å². The predicted molar refractivity (Wildman–Crippen MR) is 115 cm³/mol. The second-order valence-electron chi connectivity index (χ2n) is 7.20. The van der Waals surface area contributed by atoms with E-state index in [0.717, 1.165) is 0 Å². The summed E-state index contributed by atoms with van der Waals surface area (Å²) < 4.78 is 16.2. The van der Waals surface area contributed by atoms with Crippen molar-refractivity contribution >= 4 is 23.2 Å². The number of amides is 2. The number of carbonyl (C=O) groups excluding carboxylic acids is 2. The third-order valence-electron chi connectivity index (χ3n) is 5.74. The molecule has 0 aliphatic carbocycles. The number of benzene rings is 3. The molecule has 156 valence electrons. The Hall–Kier alpha value is -4.00. The van der Waals surface area contributed by atoms with Gasteiger partial charge >= 0.3 is 0 Å². The SMILES string of the molecule is COc1ccc(N2C(=O)c3ccccc3N3C(=O)c4c(ccc(OC)c4OC)C23)cc1. The molecule has 0 spiro atoms. The Labute approximate surface area is 179 Å². The van der Waals surface area contributed by atoms with Crippen molar-refractivity contribution in [1.82, 2.24) is 0 Å². The van der Waals surface area contributed by atoms with E-state index in [1.54, 1.807) is 53.3 Å². The molecule has 1 unspecified atom stereocenters. The Bertz CT molecular complexity index is 1210.